The van der Waals surface area contributed by atoms with Crippen LogP contribution in [0.1, 0.15) is 24.4 Å². The van der Waals surface area contributed by atoms with Crippen LogP contribution in [0.15, 0.2) is 52.1 Å². The lowest BCUT2D eigenvalue weighted by Gasteiger charge is -2.34. The Kier molecular flexibility index (Phi) is 4.59. The average Bonchev–Trinajstić information content (AvgIpc) is 3.15. The van der Waals surface area contributed by atoms with E-state index in [0.717, 1.165) is 16.3 Å². The van der Waals surface area contributed by atoms with Gasteiger partial charge >= 0.3 is 5.97 Å². The van der Waals surface area contributed by atoms with Crippen molar-refractivity contribution >= 4 is 23.1 Å². The molecular weight excluding hydrogens is 338 g/mol. The first-order valence-electron chi connectivity index (χ1n) is 7.70. The Hall–Kier alpha value is -2.67. The third-order valence-electron chi connectivity index (χ3n) is 4.18. The second-order valence-corrected chi connectivity index (χ2v) is 6.61. The molecule has 1 unspecified atom stereocenters. The van der Waals surface area contributed by atoms with E-state index in [2.05, 4.69) is 10.3 Å². The molecule has 0 bridgehead atoms. The Balaban J connectivity index is 2.16. The van der Waals surface area contributed by atoms with Gasteiger partial charge in [0.2, 0.25) is 0 Å². The average molecular weight is 357 g/mol. The van der Waals surface area contributed by atoms with Crippen LogP contribution >= 0.6 is 11.3 Å². The third kappa shape index (κ3) is 3.02. The maximum Gasteiger partial charge on any atom is 0.338 e. The van der Waals surface area contributed by atoms with Crippen LogP contribution in [-0.2, 0) is 15.1 Å². The number of amidine groups is 1. The van der Waals surface area contributed by atoms with Crippen LogP contribution in [0.3, 0.4) is 0 Å². The van der Waals surface area contributed by atoms with Gasteiger partial charge in [0.05, 0.1) is 19.8 Å². The van der Waals surface area contributed by atoms with E-state index < -0.39 is 11.5 Å². The molecule has 1 aromatic heterocycles. The summed E-state index contributed by atoms with van der Waals surface area (Å²) in [6, 6.07) is 7.52. The number of carbonyl (C=O) groups excluding carboxylic acids is 1. The Morgan fingerprint density at radius 1 is 1.24 bits per heavy atom. The second kappa shape index (κ2) is 6.68. The summed E-state index contributed by atoms with van der Waals surface area (Å²) in [6.45, 7) is 3.75. The molecule has 3 rings (SSSR count). The quantitative estimate of drug-likeness (QED) is 0.852. The molecule has 25 heavy (non-hydrogen) atoms. The summed E-state index contributed by atoms with van der Waals surface area (Å²) in [4.78, 5) is 21.6. The number of hydrogen-bond donors (Lipinski definition) is 1. The van der Waals surface area contributed by atoms with Crippen molar-refractivity contribution in [2.45, 2.75) is 19.4 Å². The zero-order valence-electron chi connectivity index (χ0n) is 14.5. The number of aliphatic imine (C=N–C) groups is 1. The van der Waals surface area contributed by atoms with Gasteiger partial charge in [0.15, 0.2) is 10.8 Å². The van der Waals surface area contributed by atoms with Crippen LogP contribution in [0, 0.1) is 0 Å². The molecule has 1 N–H and O–H groups in total. The largest absolute Gasteiger partial charge is 0.497 e. The fourth-order valence-corrected chi connectivity index (χ4v) is 3.51. The van der Waals surface area contributed by atoms with Gasteiger partial charge in [0.1, 0.15) is 11.3 Å². The predicted octanol–water partition coefficient (Wildman–Crippen LogP) is 2.86. The molecule has 1 aromatic carbocycles. The smallest absolute Gasteiger partial charge is 0.338 e. The molecule has 0 amide bonds. The summed E-state index contributed by atoms with van der Waals surface area (Å²) in [5, 5.41) is 5.84. The number of benzene rings is 1. The number of carbonyl (C=O) groups is 1. The topological polar surface area (TPSA) is 72.8 Å². The third-order valence-corrected chi connectivity index (χ3v) is 4.96. The molecule has 0 spiro atoms. The number of aromatic nitrogens is 1. The fraction of sp³-hybridized carbons (Fsp3) is 0.278. The van der Waals surface area contributed by atoms with Crippen LogP contribution in [-0.4, -0.2) is 31.0 Å². The first-order valence-corrected chi connectivity index (χ1v) is 8.58. The minimum atomic E-state index is -0.893. The van der Waals surface area contributed by atoms with Crippen molar-refractivity contribution in [3.63, 3.8) is 0 Å². The highest BCUT2D eigenvalue weighted by molar-refractivity contribution is 7.11. The lowest BCUT2D eigenvalue weighted by atomic mass is 9.82. The molecule has 1 atom stereocenters. The Labute approximate surface area is 150 Å². The maximum atomic E-state index is 12.5. The van der Waals surface area contributed by atoms with Gasteiger partial charge in [0, 0.05) is 17.3 Å². The van der Waals surface area contributed by atoms with Crippen molar-refractivity contribution in [3.05, 3.63) is 57.7 Å². The van der Waals surface area contributed by atoms with E-state index in [1.807, 2.05) is 43.5 Å². The molecule has 2 heterocycles. The Bertz CT molecular complexity index is 841. The second-order valence-electron chi connectivity index (χ2n) is 5.71. The molecule has 0 saturated heterocycles. The zero-order chi connectivity index (χ0) is 18.0. The fourth-order valence-electron chi connectivity index (χ4n) is 2.93. The van der Waals surface area contributed by atoms with E-state index in [4.69, 9.17) is 14.5 Å². The van der Waals surface area contributed by atoms with Gasteiger partial charge in [-0.3, -0.25) is 0 Å². The van der Waals surface area contributed by atoms with Crippen molar-refractivity contribution in [3.8, 4) is 5.75 Å². The van der Waals surface area contributed by atoms with E-state index in [1.54, 1.807) is 13.3 Å². The van der Waals surface area contributed by atoms with Crippen molar-refractivity contribution in [1.82, 2.24) is 10.3 Å². The van der Waals surface area contributed by atoms with E-state index in [1.165, 1.54) is 18.4 Å². The highest BCUT2D eigenvalue weighted by Crippen LogP contribution is 2.39. The van der Waals surface area contributed by atoms with Crippen molar-refractivity contribution in [1.29, 1.82) is 0 Å². The number of thiazole rings is 1. The number of hydrogen-bond acceptors (Lipinski definition) is 7. The van der Waals surface area contributed by atoms with Gasteiger partial charge in [-0.2, -0.15) is 0 Å². The van der Waals surface area contributed by atoms with Crippen LogP contribution in [0.5, 0.6) is 5.75 Å². The van der Waals surface area contributed by atoms with Crippen molar-refractivity contribution in [2.24, 2.45) is 4.99 Å². The van der Waals surface area contributed by atoms with Crippen LogP contribution in [0.2, 0.25) is 0 Å². The van der Waals surface area contributed by atoms with Gasteiger partial charge < -0.3 is 14.8 Å². The van der Waals surface area contributed by atoms with Crippen molar-refractivity contribution in [2.75, 3.05) is 14.2 Å². The predicted molar refractivity (Wildman–Crippen MR) is 96.8 cm³/mol. The molecule has 7 heteroatoms. The minimum absolute atomic E-state index is 0.412. The van der Waals surface area contributed by atoms with Gasteiger partial charge in [-0.25, -0.2) is 14.8 Å². The maximum absolute atomic E-state index is 12.5. The molecule has 0 saturated carbocycles. The highest BCUT2D eigenvalue weighted by Gasteiger charge is 2.41. The Morgan fingerprint density at radius 2 is 1.96 bits per heavy atom. The summed E-state index contributed by atoms with van der Waals surface area (Å²) < 4.78 is 10.2. The molecule has 1 aliphatic heterocycles. The zero-order valence-corrected chi connectivity index (χ0v) is 15.3. The molecule has 130 valence electrons. The van der Waals surface area contributed by atoms with Gasteiger partial charge in [-0.05, 0) is 31.5 Å². The standard InChI is InChI=1S/C18H19N3O3S/c1-11-14(17(22)24-4)18(2,12-5-7-13(23-3)8-6-12)21-15(20-11)16-19-9-10-25-16/h5-10H,1-4H3,(H,20,21). The number of nitrogens with zero attached hydrogens (tertiary/aromatic N) is 2. The first kappa shape index (κ1) is 17.2. The summed E-state index contributed by atoms with van der Waals surface area (Å²) in [6.07, 6.45) is 1.73. The van der Waals surface area contributed by atoms with E-state index in [-0.39, 0.29) is 0 Å². The summed E-state index contributed by atoms with van der Waals surface area (Å²) in [5.74, 6) is 0.967. The molecule has 6 nitrogen and oxygen atoms in total. The number of methoxy groups -OCH3 is 2. The van der Waals surface area contributed by atoms with Gasteiger partial charge in [0.25, 0.3) is 0 Å². The molecule has 2 aromatic rings. The highest BCUT2D eigenvalue weighted by atomic mass is 32.1. The Morgan fingerprint density at radius 3 is 2.52 bits per heavy atom. The van der Waals surface area contributed by atoms with Gasteiger partial charge in [-0.1, -0.05) is 12.1 Å². The summed E-state index contributed by atoms with van der Waals surface area (Å²) >= 11 is 1.49. The summed E-state index contributed by atoms with van der Waals surface area (Å²) in [7, 11) is 2.99. The number of nitrogens with one attached hydrogen (secondary N) is 1. The number of esters is 1. The van der Waals surface area contributed by atoms with Crippen LogP contribution in [0.4, 0.5) is 0 Å². The van der Waals surface area contributed by atoms with E-state index >= 15 is 0 Å². The SMILES string of the molecule is COC(=O)C1=C(C)NC(c2nccs2)=NC1(C)c1ccc(OC)cc1. The lowest BCUT2D eigenvalue weighted by molar-refractivity contribution is -0.137. The monoisotopic (exact) mass is 357 g/mol. The van der Waals surface area contributed by atoms with E-state index in [0.29, 0.717) is 17.1 Å². The molecular formula is C18H19N3O3S. The molecule has 1 aliphatic rings. The number of ether oxygens (including phenoxy) is 2. The normalized spacial score (nSPS) is 19.9. The molecule has 0 radical (unpaired) electrons. The van der Waals surface area contributed by atoms with Gasteiger partial charge in [-0.15, -0.1) is 11.3 Å². The summed E-state index contributed by atoms with van der Waals surface area (Å²) in [5.41, 5.74) is 1.14. The minimum Gasteiger partial charge on any atom is -0.497 e. The van der Waals surface area contributed by atoms with Crippen molar-refractivity contribution < 1.29 is 14.3 Å². The van der Waals surface area contributed by atoms with Crippen LogP contribution < -0.4 is 10.1 Å². The number of rotatable bonds is 4. The number of allylic oxidation sites excluding steroid dienone is 1. The first-order chi connectivity index (χ1) is 12.0. The lowest BCUT2D eigenvalue weighted by Crippen LogP contribution is -2.40. The molecule has 0 fully saturated rings. The van der Waals surface area contributed by atoms with Crippen LogP contribution in [0.25, 0.3) is 0 Å². The molecule has 0 aliphatic carbocycles. The van der Waals surface area contributed by atoms with E-state index in [9.17, 15) is 4.79 Å².